The number of nitrogens with zero attached hydrogens (tertiary/aromatic N) is 2. The first kappa shape index (κ1) is 76.2. The molecule has 92 heavy (non-hydrogen) atoms. The predicted octanol–water partition coefficient (Wildman–Crippen LogP) is 7.57. The fraction of sp³-hybridized carbons (Fsp3) is 0.515. The van der Waals surface area contributed by atoms with Crippen molar-refractivity contribution in [3.8, 4) is 11.3 Å². The van der Waals surface area contributed by atoms with Gasteiger partial charge < -0.3 is 73.0 Å². The molecule has 26 heteroatoms. The quantitative estimate of drug-likeness (QED) is 0.0274. The molecule has 0 aliphatic heterocycles. The number of hydrogen-bond donors (Lipinski definition) is 4. The van der Waals surface area contributed by atoms with Crippen LogP contribution in [0.4, 0.5) is 24.5 Å². The minimum Gasteiger partial charge on any atom is -0.382 e. The van der Waals surface area contributed by atoms with Crippen molar-refractivity contribution in [3.05, 3.63) is 143 Å². The summed E-state index contributed by atoms with van der Waals surface area (Å²) in [4.78, 5) is 46.2. The Hall–Kier alpha value is -6.50. The number of nitrogens with one attached hydrogen (secondary N) is 4. The van der Waals surface area contributed by atoms with E-state index in [2.05, 4.69) is 30.6 Å². The Labute approximate surface area is 538 Å². The summed E-state index contributed by atoms with van der Waals surface area (Å²) in [7, 11) is -2.13. The number of halogens is 3. The van der Waals surface area contributed by atoms with Crippen molar-refractivity contribution < 1.29 is 88.1 Å². The first-order valence-corrected chi connectivity index (χ1v) is 32.5. The molecule has 0 unspecified atom stereocenters. The molecule has 1 heterocycles. The summed E-state index contributed by atoms with van der Waals surface area (Å²) in [5, 5.41) is 8.56. The van der Waals surface area contributed by atoms with Crippen LogP contribution in [0.5, 0.6) is 0 Å². The maximum absolute atomic E-state index is 13.8. The van der Waals surface area contributed by atoms with Crippen LogP contribution in [0.1, 0.15) is 69.7 Å². The second kappa shape index (κ2) is 44.9. The van der Waals surface area contributed by atoms with Crippen LogP contribution in [-0.4, -0.2) is 203 Å². The summed E-state index contributed by atoms with van der Waals surface area (Å²) >= 11 is 0. The zero-order valence-electron chi connectivity index (χ0n) is 53.1. The molecule has 0 saturated heterocycles. The smallest absolute Gasteiger partial charge is 0.382 e. The summed E-state index contributed by atoms with van der Waals surface area (Å²) in [6, 6.07) is 27.3. The van der Waals surface area contributed by atoms with E-state index in [1.54, 1.807) is 37.4 Å². The van der Waals surface area contributed by atoms with Crippen LogP contribution in [0.25, 0.3) is 11.3 Å². The molecule has 0 saturated carbocycles. The Morgan fingerprint density at radius 1 is 0.522 bits per heavy atom. The standard InChI is InChI=1S/C66H91F3N6O16S/c1-4-75(5-2)58-17-20-61(60(50-58)62-49-56(22-23-70-62)64(77)72-51-54-10-7-13-57(48-54)66(67,68)69)74-65(78)55-12-6-9-53(47-55)11-8-26-82-31-34-86-39-40-88-36-33-84-28-25-73-92(79,80)59-18-14-52(15-19-59)16-21-63(76)71-24-27-83-32-35-87-41-42-90-45-46-91-44-43-89-38-37-85-30-29-81-3/h6-7,9-10,12-15,17-20,22-23,47-50,73H,4-5,8,11,16,21,24-46,51H2,1-3H3,(H,71,76)(H,72,77)(H,74,78). The number of aryl methyl sites for hydroxylation is 2. The second-order valence-electron chi connectivity index (χ2n) is 20.5. The number of ether oxygens (including phenoxy) is 11. The van der Waals surface area contributed by atoms with E-state index in [9.17, 15) is 36.0 Å². The Kier molecular flexibility index (Phi) is 37.2. The van der Waals surface area contributed by atoms with E-state index < -0.39 is 27.7 Å². The van der Waals surface area contributed by atoms with E-state index in [4.69, 9.17) is 52.1 Å². The zero-order chi connectivity index (χ0) is 65.9. The van der Waals surface area contributed by atoms with Gasteiger partial charge in [-0.3, -0.25) is 19.4 Å². The summed E-state index contributed by atoms with van der Waals surface area (Å²) in [6.45, 7) is 14.6. The van der Waals surface area contributed by atoms with Gasteiger partial charge in [0, 0.05) is 81.4 Å². The molecule has 0 atom stereocenters. The predicted molar refractivity (Wildman–Crippen MR) is 342 cm³/mol. The van der Waals surface area contributed by atoms with E-state index in [1.807, 2.05) is 44.2 Å². The van der Waals surface area contributed by atoms with Crippen molar-refractivity contribution in [1.82, 2.24) is 20.3 Å². The lowest BCUT2D eigenvalue weighted by Gasteiger charge is -2.23. The number of rotatable bonds is 51. The highest BCUT2D eigenvalue weighted by Crippen LogP contribution is 2.33. The van der Waals surface area contributed by atoms with Gasteiger partial charge in [0.25, 0.3) is 11.8 Å². The number of anilines is 2. The van der Waals surface area contributed by atoms with E-state index >= 15 is 0 Å². The number of carbonyl (C=O) groups excluding carboxylic acids is 3. The lowest BCUT2D eigenvalue weighted by atomic mass is 10.0. The second-order valence-corrected chi connectivity index (χ2v) is 22.2. The summed E-state index contributed by atoms with van der Waals surface area (Å²) < 4.78 is 128. The van der Waals surface area contributed by atoms with Gasteiger partial charge in [0.05, 0.1) is 154 Å². The third-order valence-electron chi connectivity index (χ3n) is 13.7. The van der Waals surface area contributed by atoms with Crippen LogP contribution >= 0.6 is 0 Å². The van der Waals surface area contributed by atoms with E-state index in [0.717, 1.165) is 42.0 Å². The minimum atomic E-state index is -4.51. The molecule has 0 aliphatic carbocycles. The Balaban J connectivity index is 0.850. The summed E-state index contributed by atoms with van der Waals surface area (Å²) in [5.74, 6) is -0.974. The number of aromatic nitrogens is 1. The molecule has 0 radical (unpaired) electrons. The maximum Gasteiger partial charge on any atom is 0.416 e. The van der Waals surface area contributed by atoms with Crippen molar-refractivity contribution in [3.63, 3.8) is 0 Å². The van der Waals surface area contributed by atoms with Crippen LogP contribution in [0.15, 0.2) is 114 Å². The largest absolute Gasteiger partial charge is 0.416 e. The van der Waals surface area contributed by atoms with Crippen LogP contribution in [-0.2, 0) is 92.5 Å². The van der Waals surface area contributed by atoms with Crippen molar-refractivity contribution in [2.24, 2.45) is 0 Å². The number of sulfonamides is 1. The number of amides is 3. The normalized spacial score (nSPS) is 11.7. The van der Waals surface area contributed by atoms with E-state index in [1.165, 1.54) is 36.5 Å². The van der Waals surface area contributed by atoms with Crippen LogP contribution in [0, 0.1) is 0 Å². The topological polar surface area (TPSA) is 251 Å². The highest BCUT2D eigenvalue weighted by Gasteiger charge is 2.30. The molecule has 0 spiro atoms. The first-order chi connectivity index (χ1) is 44.7. The Bertz CT molecular complexity index is 3000. The number of benzene rings is 4. The number of methoxy groups -OCH3 is 1. The third-order valence-corrected chi connectivity index (χ3v) is 15.2. The average Bonchev–Trinajstić information content (AvgIpc) is 0.853. The van der Waals surface area contributed by atoms with E-state index in [-0.39, 0.29) is 55.0 Å². The van der Waals surface area contributed by atoms with Crippen molar-refractivity contribution in [2.75, 3.05) is 182 Å². The highest BCUT2D eigenvalue weighted by atomic mass is 32.2. The number of alkyl halides is 3. The molecule has 0 fully saturated rings. The van der Waals surface area contributed by atoms with Gasteiger partial charge in [0.2, 0.25) is 15.9 Å². The number of hydrogen-bond acceptors (Lipinski definition) is 18. The van der Waals surface area contributed by atoms with Gasteiger partial charge in [-0.2, -0.15) is 13.2 Å². The maximum atomic E-state index is 13.8. The van der Waals surface area contributed by atoms with Crippen molar-refractivity contribution in [2.45, 2.75) is 57.1 Å². The molecule has 4 N–H and O–H groups in total. The summed E-state index contributed by atoms with van der Waals surface area (Å²) in [5.41, 5.74) is 4.33. The zero-order valence-corrected chi connectivity index (χ0v) is 53.9. The Morgan fingerprint density at radius 2 is 1.05 bits per heavy atom. The van der Waals surface area contributed by atoms with Crippen LogP contribution in [0.3, 0.4) is 0 Å². The average molecular weight is 1310 g/mol. The lowest BCUT2D eigenvalue weighted by molar-refractivity contribution is -0.137. The molecule has 4 aromatic carbocycles. The Morgan fingerprint density at radius 3 is 1.63 bits per heavy atom. The lowest BCUT2D eigenvalue weighted by Crippen LogP contribution is -2.28. The summed E-state index contributed by atoms with van der Waals surface area (Å²) in [6.07, 6.45) is -0.970. The van der Waals surface area contributed by atoms with Crippen LogP contribution in [0.2, 0.25) is 0 Å². The monoisotopic (exact) mass is 1310 g/mol. The fourth-order valence-corrected chi connectivity index (χ4v) is 9.84. The van der Waals surface area contributed by atoms with Gasteiger partial charge in [-0.05, 0) is 117 Å². The molecular weight excluding hydrogens is 1220 g/mol. The van der Waals surface area contributed by atoms with Gasteiger partial charge in [-0.15, -0.1) is 0 Å². The molecule has 508 valence electrons. The van der Waals surface area contributed by atoms with Gasteiger partial charge >= 0.3 is 6.18 Å². The molecule has 1 aromatic heterocycles. The third kappa shape index (κ3) is 31.0. The molecule has 3 amide bonds. The number of pyridine rings is 1. The van der Waals surface area contributed by atoms with Crippen molar-refractivity contribution in [1.29, 1.82) is 0 Å². The SMILES string of the molecule is CCN(CC)c1ccc(NC(=O)c2cccc(CCCOCCOCCOCCOCCNS(=O)(=O)c3ccc(CCC(=O)NCCOCCOCCOCCOCCOCCOCCOC)cc3)c2)c(-c2cc(C(=O)NCc3cccc(C(F)(F)F)c3)ccn2)c1. The molecule has 0 aliphatic rings. The van der Waals surface area contributed by atoms with Gasteiger partial charge in [-0.1, -0.05) is 36.4 Å². The molecule has 0 bridgehead atoms. The van der Waals surface area contributed by atoms with Gasteiger partial charge in [-0.25, -0.2) is 13.1 Å². The highest BCUT2D eigenvalue weighted by molar-refractivity contribution is 7.89. The fourth-order valence-electron chi connectivity index (χ4n) is 8.82. The first-order valence-electron chi connectivity index (χ1n) is 31.0. The molecule has 5 aromatic rings. The minimum absolute atomic E-state index is 0.0750. The molecule has 5 rings (SSSR count). The van der Waals surface area contributed by atoms with Crippen molar-refractivity contribution >= 4 is 39.1 Å². The molecular formula is C66H91F3N6O16S. The number of carbonyl (C=O) groups is 3. The van der Waals surface area contributed by atoms with Crippen LogP contribution < -0.4 is 25.6 Å². The molecule has 22 nitrogen and oxygen atoms in total. The van der Waals surface area contributed by atoms with Gasteiger partial charge in [0.15, 0.2) is 0 Å². The van der Waals surface area contributed by atoms with Gasteiger partial charge in [0.1, 0.15) is 0 Å². The van der Waals surface area contributed by atoms with E-state index in [0.29, 0.717) is 179 Å².